The Morgan fingerprint density at radius 2 is 2.25 bits per heavy atom. The molecule has 0 aromatic carbocycles. The number of rotatable bonds is 2. The van der Waals surface area contributed by atoms with Crippen LogP contribution in [0.3, 0.4) is 0 Å². The van der Waals surface area contributed by atoms with Gasteiger partial charge in [0.1, 0.15) is 6.33 Å². The molecule has 3 nitrogen and oxygen atoms in total. The minimum absolute atomic E-state index is 0.0219. The number of hydrogen-bond acceptors (Lipinski definition) is 3. The second-order valence-electron chi connectivity index (χ2n) is 3.26. The van der Waals surface area contributed by atoms with Crippen LogP contribution in [-0.4, -0.2) is 15.1 Å². The van der Waals surface area contributed by atoms with E-state index < -0.39 is 0 Å². The van der Waals surface area contributed by atoms with Crippen molar-refractivity contribution >= 4 is 0 Å². The first-order chi connectivity index (χ1) is 5.83. The van der Waals surface area contributed by atoms with Crippen LogP contribution in [0.4, 0.5) is 0 Å². The molecule has 1 aromatic rings. The third-order valence-electron chi connectivity index (χ3n) is 2.34. The second kappa shape index (κ2) is 2.83. The number of aliphatic hydroxyl groups excluding tert-OH is 1. The summed E-state index contributed by atoms with van der Waals surface area (Å²) in [5.41, 5.74) is 2.98. The summed E-state index contributed by atoms with van der Waals surface area (Å²) in [7, 11) is 0. The molecule has 3 heteroatoms. The fourth-order valence-corrected chi connectivity index (χ4v) is 1.43. The van der Waals surface area contributed by atoms with Gasteiger partial charge in [-0.1, -0.05) is 0 Å². The highest BCUT2D eigenvalue weighted by Crippen LogP contribution is 2.40. The lowest BCUT2D eigenvalue weighted by molar-refractivity contribution is 0.275. The van der Waals surface area contributed by atoms with Gasteiger partial charge >= 0.3 is 0 Å². The topological polar surface area (TPSA) is 46.0 Å². The Labute approximate surface area is 71.5 Å². The van der Waals surface area contributed by atoms with Gasteiger partial charge in [0.25, 0.3) is 0 Å². The number of aromatic nitrogens is 2. The molecule has 1 saturated carbocycles. The lowest BCUT2D eigenvalue weighted by Gasteiger charge is -2.05. The van der Waals surface area contributed by atoms with Gasteiger partial charge in [0, 0.05) is 5.92 Å². The Hall–Kier alpha value is -0.960. The SMILES string of the molecule is Cc1c(CO)ncnc1C1CC1. The highest BCUT2D eigenvalue weighted by atomic mass is 16.3. The number of aliphatic hydroxyl groups is 1. The standard InChI is InChI=1S/C9H12N2O/c1-6-8(4-12)10-5-11-9(6)7-2-3-7/h5,7,12H,2-4H2,1H3. The molecule has 0 amide bonds. The molecule has 1 fully saturated rings. The van der Waals surface area contributed by atoms with Gasteiger partial charge in [-0.3, -0.25) is 0 Å². The highest BCUT2D eigenvalue weighted by molar-refractivity contribution is 5.28. The molecule has 0 atom stereocenters. The molecule has 0 bridgehead atoms. The first-order valence-corrected chi connectivity index (χ1v) is 4.24. The van der Waals surface area contributed by atoms with Crippen molar-refractivity contribution in [3.8, 4) is 0 Å². The van der Waals surface area contributed by atoms with E-state index in [-0.39, 0.29) is 6.61 Å². The summed E-state index contributed by atoms with van der Waals surface area (Å²) in [6.07, 6.45) is 4.03. The molecule has 1 aliphatic carbocycles. The van der Waals surface area contributed by atoms with Crippen molar-refractivity contribution in [1.29, 1.82) is 0 Å². The fourth-order valence-electron chi connectivity index (χ4n) is 1.43. The molecule has 0 unspecified atom stereocenters. The molecule has 12 heavy (non-hydrogen) atoms. The van der Waals surface area contributed by atoms with Crippen molar-refractivity contribution in [2.45, 2.75) is 32.3 Å². The van der Waals surface area contributed by atoms with Crippen LogP contribution in [0.1, 0.15) is 35.7 Å². The van der Waals surface area contributed by atoms with Gasteiger partial charge in [-0.05, 0) is 25.3 Å². The van der Waals surface area contributed by atoms with Crippen LogP contribution in [-0.2, 0) is 6.61 Å². The summed E-state index contributed by atoms with van der Waals surface area (Å²) >= 11 is 0. The monoisotopic (exact) mass is 164 g/mol. The van der Waals surface area contributed by atoms with E-state index in [4.69, 9.17) is 5.11 Å². The van der Waals surface area contributed by atoms with Crippen LogP contribution in [0.2, 0.25) is 0 Å². The molecule has 2 rings (SSSR count). The minimum atomic E-state index is 0.0219. The molecular weight excluding hydrogens is 152 g/mol. The third kappa shape index (κ3) is 1.20. The molecule has 0 radical (unpaired) electrons. The average Bonchev–Trinajstić information content (AvgIpc) is 2.88. The van der Waals surface area contributed by atoms with E-state index in [1.165, 1.54) is 12.8 Å². The van der Waals surface area contributed by atoms with Gasteiger partial charge in [-0.15, -0.1) is 0 Å². The Balaban J connectivity index is 2.40. The lowest BCUT2D eigenvalue weighted by atomic mass is 10.1. The lowest BCUT2D eigenvalue weighted by Crippen LogP contribution is -2.00. The zero-order chi connectivity index (χ0) is 8.55. The van der Waals surface area contributed by atoms with Gasteiger partial charge in [0.05, 0.1) is 18.0 Å². The van der Waals surface area contributed by atoms with E-state index in [1.807, 2.05) is 6.92 Å². The van der Waals surface area contributed by atoms with Crippen molar-refractivity contribution in [2.75, 3.05) is 0 Å². The molecule has 1 aliphatic rings. The van der Waals surface area contributed by atoms with Gasteiger partial charge in [0.2, 0.25) is 0 Å². The van der Waals surface area contributed by atoms with Crippen molar-refractivity contribution in [3.05, 3.63) is 23.3 Å². The van der Waals surface area contributed by atoms with E-state index in [9.17, 15) is 0 Å². The maximum Gasteiger partial charge on any atom is 0.116 e. The predicted octanol–water partition coefficient (Wildman–Crippen LogP) is 1.15. The van der Waals surface area contributed by atoms with Crippen molar-refractivity contribution in [1.82, 2.24) is 9.97 Å². The second-order valence-corrected chi connectivity index (χ2v) is 3.26. The summed E-state index contributed by atoms with van der Waals surface area (Å²) in [4.78, 5) is 8.23. The maximum absolute atomic E-state index is 8.95. The summed E-state index contributed by atoms with van der Waals surface area (Å²) in [6.45, 7) is 2.01. The maximum atomic E-state index is 8.95. The van der Waals surface area contributed by atoms with Gasteiger partial charge in [-0.2, -0.15) is 0 Å². The van der Waals surface area contributed by atoms with Crippen LogP contribution in [0, 0.1) is 6.92 Å². The van der Waals surface area contributed by atoms with E-state index >= 15 is 0 Å². The van der Waals surface area contributed by atoms with Crippen molar-refractivity contribution in [2.24, 2.45) is 0 Å². The smallest absolute Gasteiger partial charge is 0.116 e. The largest absolute Gasteiger partial charge is 0.390 e. The predicted molar refractivity (Wildman–Crippen MR) is 44.7 cm³/mol. The normalized spacial score (nSPS) is 16.5. The third-order valence-corrected chi connectivity index (χ3v) is 2.34. The summed E-state index contributed by atoms with van der Waals surface area (Å²) in [6, 6.07) is 0. The minimum Gasteiger partial charge on any atom is -0.390 e. The van der Waals surface area contributed by atoms with E-state index in [0.29, 0.717) is 5.92 Å². The van der Waals surface area contributed by atoms with Gasteiger partial charge in [0.15, 0.2) is 0 Å². The van der Waals surface area contributed by atoms with Crippen LogP contribution < -0.4 is 0 Å². The van der Waals surface area contributed by atoms with E-state index in [1.54, 1.807) is 6.33 Å². The molecule has 64 valence electrons. The Morgan fingerprint density at radius 3 is 2.83 bits per heavy atom. The Bertz CT molecular complexity index is 295. The van der Waals surface area contributed by atoms with Gasteiger partial charge < -0.3 is 5.11 Å². The first-order valence-electron chi connectivity index (χ1n) is 4.24. The average molecular weight is 164 g/mol. The molecule has 1 heterocycles. The molecule has 0 spiro atoms. The van der Waals surface area contributed by atoms with Gasteiger partial charge in [-0.25, -0.2) is 9.97 Å². The van der Waals surface area contributed by atoms with Crippen LogP contribution in [0.15, 0.2) is 6.33 Å². The Kier molecular flexibility index (Phi) is 1.81. The van der Waals surface area contributed by atoms with Crippen LogP contribution in [0.5, 0.6) is 0 Å². The molecule has 1 aromatic heterocycles. The fraction of sp³-hybridized carbons (Fsp3) is 0.556. The molecular formula is C9H12N2O. The zero-order valence-corrected chi connectivity index (χ0v) is 7.12. The number of hydrogen-bond donors (Lipinski definition) is 1. The highest BCUT2D eigenvalue weighted by Gasteiger charge is 2.27. The summed E-state index contributed by atoms with van der Waals surface area (Å²) in [5, 5.41) is 8.95. The summed E-state index contributed by atoms with van der Waals surface area (Å²) < 4.78 is 0. The van der Waals surface area contributed by atoms with Crippen molar-refractivity contribution in [3.63, 3.8) is 0 Å². The van der Waals surface area contributed by atoms with Crippen LogP contribution >= 0.6 is 0 Å². The molecule has 0 saturated heterocycles. The quantitative estimate of drug-likeness (QED) is 0.713. The van der Waals surface area contributed by atoms with E-state index in [0.717, 1.165) is 17.0 Å². The molecule has 0 aliphatic heterocycles. The summed E-state index contributed by atoms with van der Waals surface area (Å²) in [5.74, 6) is 0.637. The van der Waals surface area contributed by atoms with E-state index in [2.05, 4.69) is 9.97 Å². The molecule has 1 N–H and O–H groups in total. The zero-order valence-electron chi connectivity index (χ0n) is 7.12. The van der Waals surface area contributed by atoms with Crippen molar-refractivity contribution < 1.29 is 5.11 Å². The number of nitrogens with zero attached hydrogens (tertiary/aromatic N) is 2. The first kappa shape index (κ1) is 7.68. The Morgan fingerprint density at radius 1 is 1.50 bits per heavy atom. The van der Waals surface area contributed by atoms with Crippen LogP contribution in [0.25, 0.3) is 0 Å².